The predicted molar refractivity (Wildman–Crippen MR) is 134 cm³/mol. The van der Waals surface area contributed by atoms with Gasteiger partial charge >= 0.3 is 5.97 Å². The molecule has 2 aromatic rings. The summed E-state index contributed by atoms with van der Waals surface area (Å²) in [7, 11) is 3.02. The number of aliphatic carboxylic acids is 1. The fraction of sp³-hybridized carbons (Fsp3) is 0.423. The Morgan fingerprint density at radius 3 is 2.26 bits per heavy atom. The van der Waals surface area contributed by atoms with E-state index in [0.29, 0.717) is 40.1 Å². The van der Waals surface area contributed by atoms with Crippen molar-refractivity contribution in [1.29, 1.82) is 0 Å². The van der Waals surface area contributed by atoms with Crippen LogP contribution in [0.5, 0.6) is 11.5 Å². The average Bonchev–Trinajstić information content (AvgIpc) is 3.31. The third kappa shape index (κ3) is 3.72. The number of nitrogens with one attached hydrogen (secondary N) is 1. The zero-order valence-corrected chi connectivity index (χ0v) is 21.9. The fourth-order valence-corrected chi connectivity index (χ4v) is 6.08. The zero-order valence-electron chi connectivity index (χ0n) is 20.3. The number of benzene rings is 2. The topological polar surface area (TPSA) is 105 Å². The van der Waals surface area contributed by atoms with Crippen molar-refractivity contribution < 1.29 is 29.0 Å². The van der Waals surface area contributed by atoms with Crippen molar-refractivity contribution in [2.75, 3.05) is 19.1 Å². The molecule has 2 heterocycles. The highest BCUT2D eigenvalue weighted by atomic mass is 79.9. The number of halogens is 1. The molecule has 2 aromatic carbocycles. The first kappa shape index (κ1) is 25.2. The van der Waals surface area contributed by atoms with Gasteiger partial charge in [-0.3, -0.25) is 19.7 Å². The summed E-state index contributed by atoms with van der Waals surface area (Å²) < 4.78 is 11.5. The molecule has 0 spiro atoms. The van der Waals surface area contributed by atoms with Crippen molar-refractivity contribution in [2.45, 2.75) is 45.2 Å². The van der Waals surface area contributed by atoms with E-state index in [2.05, 4.69) is 21.2 Å². The Labute approximate surface area is 212 Å². The third-order valence-electron chi connectivity index (χ3n) is 7.24. The summed E-state index contributed by atoms with van der Waals surface area (Å²) in [6.07, 6.45) is 1.27. The van der Waals surface area contributed by atoms with Crippen LogP contribution >= 0.6 is 15.9 Å². The summed E-state index contributed by atoms with van der Waals surface area (Å²) in [4.78, 5) is 41.6. The van der Waals surface area contributed by atoms with Crippen LogP contribution in [0, 0.1) is 11.8 Å². The minimum Gasteiger partial charge on any atom is -0.493 e. The second-order valence-electron chi connectivity index (χ2n) is 9.02. The highest BCUT2D eigenvalue weighted by Gasteiger charge is 2.67. The molecule has 2 N–H and O–H groups in total. The van der Waals surface area contributed by atoms with Crippen molar-refractivity contribution in [3.63, 3.8) is 0 Å². The van der Waals surface area contributed by atoms with Gasteiger partial charge in [0.05, 0.1) is 36.2 Å². The lowest BCUT2D eigenvalue weighted by atomic mass is 9.80. The molecule has 35 heavy (non-hydrogen) atoms. The fourth-order valence-electron chi connectivity index (χ4n) is 5.46. The highest BCUT2D eigenvalue weighted by molar-refractivity contribution is 9.10. The van der Waals surface area contributed by atoms with Crippen LogP contribution in [0.3, 0.4) is 0 Å². The molecule has 2 aliphatic rings. The summed E-state index contributed by atoms with van der Waals surface area (Å²) in [6, 6.07) is 8.48. The Kier molecular flexibility index (Phi) is 6.68. The maximum absolute atomic E-state index is 14.0. The van der Waals surface area contributed by atoms with Gasteiger partial charge in [0.2, 0.25) is 11.8 Å². The number of anilines is 1. The molecule has 0 saturated carbocycles. The van der Waals surface area contributed by atoms with Gasteiger partial charge in [-0.15, -0.1) is 0 Å². The predicted octanol–water partition coefficient (Wildman–Crippen LogP) is 3.88. The number of nitrogens with zero attached hydrogens (tertiary/aromatic N) is 1. The largest absolute Gasteiger partial charge is 0.493 e. The Hall–Kier alpha value is -2.91. The average molecular weight is 545 g/mol. The monoisotopic (exact) mass is 544 g/mol. The molecule has 2 fully saturated rings. The number of rotatable bonds is 7. The van der Waals surface area contributed by atoms with E-state index in [9.17, 15) is 19.5 Å². The van der Waals surface area contributed by atoms with Gasteiger partial charge in [-0.2, -0.15) is 0 Å². The maximum atomic E-state index is 14.0. The van der Waals surface area contributed by atoms with Crippen LogP contribution in [0.1, 0.15) is 43.5 Å². The number of hydrogen-bond donors (Lipinski definition) is 2. The molecule has 8 nitrogen and oxygen atoms in total. The van der Waals surface area contributed by atoms with E-state index in [4.69, 9.17) is 9.47 Å². The van der Waals surface area contributed by atoms with E-state index < -0.39 is 41.2 Å². The first-order valence-corrected chi connectivity index (χ1v) is 12.3. The van der Waals surface area contributed by atoms with Crippen LogP contribution in [-0.2, 0) is 27.2 Å². The Balaban J connectivity index is 1.90. The number of amides is 2. The molecule has 4 rings (SSSR count). The minimum absolute atomic E-state index is 0.399. The van der Waals surface area contributed by atoms with Crippen molar-refractivity contribution in [3.05, 3.63) is 51.5 Å². The Morgan fingerprint density at radius 2 is 1.74 bits per heavy atom. The maximum Gasteiger partial charge on any atom is 0.324 e. The number of methoxy groups -OCH3 is 2. The lowest BCUT2D eigenvalue weighted by Crippen LogP contribution is -2.53. The summed E-state index contributed by atoms with van der Waals surface area (Å²) >= 11 is 3.48. The molecule has 4 unspecified atom stereocenters. The first-order valence-electron chi connectivity index (χ1n) is 11.6. The zero-order chi connectivity index (χ0) is 25.7. The molecule has 4 atom stereocenters. The lowest BCUT2D eigenvalue weighted by Gasteiger charge is -2.29. The molecule has 0 aromatic heterocycles. The number of carbonyl (C=O) groups is 3. The number of fused-ring (bicyclic) bond motifs is 1. The van der Waals surface area contributed by atoms with Gasteiger partial charge in [-0.25, -0.2) is 4.90 Å². The van der Waals surface area contributed by atoms with Crippen LogP contribution < -0.4 is 19.7 Å². The summed E-state index contributed by atoms with van der Waals surface area (Å²) in [6.45, 7) is 5.41. The highest BCUT2D eigenvalue weighted by Crippen LogP contribution is 2.52. The van der Waals surface area contributed by atoms with Gasteiger partial charge in [0.1, 0.15) is 5.54 Å². The summed E-state index contributed by atoms with van der Waals surface area (Å²) in [5.41, 5.74) is 1.33. The number of carboxylic acids is 1. The van der Waals surface area contributed by atoms with E-state index in [1.807, 2.05) is 32.0 Å². The van der Waals surface area contributed by atoms with E-state index in [1.165, 1.54) is 26.0 Å². The molecule has 0 bridgehead atoms. The van der Waals surface area contributed by atoms with Crippen LogP contribution in [0.4, 0.5) is 5.69 Å². The molecule has 2 amide bonds. The molecule has 0 aliphatic carbocycles. The van der Waals surface area contributed by atoms with Crippen molar-refractivity contribution in [1.82, 2.24) is 5.32 Å². The molecular formula is C26H29BrN2O6. The minimum atomic E-state index is -1.63. The van der Waals surface area contributed by atoms with Crippen LogP contribution in [0.15, 0.2) is 34.8 Å². The third-order valence-corrected chi connectivity index (χ3v) is 7.82. The molecular weight excluding hydrogens is 516 g/mol. The number of carbonyl (C=O) groups excluding carboxylic acids is 2. The van der Waals surface area contributed by atoms with E-state index >= 15 is 0 Å². The number of hydrogen-bond acceptors (Lipinski definition) is 6. The molecule has 2 aliphatic heterocycles. The van der Waals surface area contributed by atoms with Crippen molar-refractivity contribution in [2.24, 2.45) is 11.8 Å². The van der Waals surface area contributed by atoms with Crippen molar-refractivity contribution >= 4 is 39.4 Å². The Morgan fingerprint density at radius 1 is 1.11 bits per heavy atom. The lowest BCUT2D eigenvalue weighted by molar-refractivity contribution is -0.147. The number of ether oxygens (including phenoxy) is 2. The smallest absolute Gasteiger partial charge is 0.324 e. The molecule has 2 saturated heterocycles. The van der Waals surface area contributed by atoms with Gasteiger partial charge in [0.15, 0.2) is 11.5 Å². The number of imide groups is 1. The second kappa shape index (κ2) is 9.28. The van der Waals surface area contributed by atoms with Gasteiger partial charge in [-0.05, 0) is 64.5 Å². The van der Waals surface area contributed by atoms with Gasteiger partial charge in [-0.1, -0.05) is 32.0 Å². The van der Waals surface area contributed by atoms with Crippen LogP contribution in [0.2, 0.25) is 0 Å². The summed E-state index contributed by atoms with van der Waals surface area (Å²) in [5.74, 6) is -3.14. The van der Waals surface area contributed by atoms with E-state index in [-0.39, 0.29) is 0 Å². The normalized spacial score (nSPS) is 25.7. The van der Waals surface area contributed by atoms with Crippen LogP contribution in [0.25, 0.3) is 0 Å². The number of para-hydroxylation sites is 1. The molecule has 0 radical (unpaired) electrons. The van der Waals surface area contributed by atoms with Gasteiger partial charge in [0.25, 0.3) is 0 Å². The number of carboxylic acid groups (broad SMARTS) is 1. The van der Waals surface area contributed by atoms with Gasteiger partial charge < -0.3 is 14.6 Å². The van der Waals surface area contributed by atoms with E-state index in [0.717, 1.165) is 11.1 Å². The van der Waals surface area contributed by atoms with Gasteiger partial charge in [0, 0.05) is 6.04 Å². The summed E-state index contributed by atoms with van der Waals surface area (Å²) in [5, 5.41) is 13.3. The standard InChI is InChI=1S/C26H29BrN2O6/c1-6-13-9-8-10-14(7-2)21(13)29-23(30)18-19(24(29)31)26(3,25(32)33)28-20(18)15-11-16(27)22(35-5)17(12-15)34-4/h8-12,18-20,28H,6-7H2,1-5H3,(H,32,33). The van der Waals surface area contributed by atoms with E-state index in [1.54, 1.807) is 12.1 Å². The second-order valence-corrected chi connectivity index (χ2v) is 9.87. The molecule has 186 valence electrons. The Bertz CT molecular complexity index is 1190. The van der Waals surface area contributed by atoms with Crippen LogP contribution in [-0.4, -0.2) is 42.6 Å². The molecule has 9 heteroatoms. The van der Waals surface area contributed by atoms with Crippen molar-refractivity contribution in [3.8, 4) is 11.5 Å². The SMILES string of the molecule is CCc1cccc(CC)c1N1C(=O)C2C(c3cc(Br)c(OC)c(OC)c3)NC(C)(C(=O)O)C2C1=O. The first-order chi connectivity index (χ1) is 16.6. The quantitative estimate of drug-likeness (QED) is 0.509. The number of aryl methyl sites for hydroxylation is 2.